The molecule has 3 heterocycles. The fraction of sp³-hybridized carbons (Fsp3) is 0.276. The molecule has 0 unspecified atom stereocenters. The predicted molar refractivity (Wildman–Crippen MR) is 344 cm³/mol. The molecule has 81 heavy (non-hydrogen) atoms. The van der Waals surface area contributed by atoms with Gasteiger partial charge in [0.15, 0.2) is 0 Å². The Hall–Kier alpha value is -8.15. The molecule has 0 amide bonds. The lowest BCUT2D eigenvalue weighted by molar-refractivity contribution is 0.480. The zero-order chi connectivity index (χ0) is 57.2. The quantitative estimate of drug-likeness (QED) is 0.115. The summed E-state index contributed by atoms with van der Waals surface area (Å²) in [4.78, 5) is 10.1. The van der Waals surface area contributed by atoms with Crippen molar-refractivity contribution in [1.29, 1.82) is 0 Å². The summed E-state index contributed by atoms with van der Waals surface area (Å²) in [5.74, 6) is 2.99. The Bertz CT molecular complexity index is 3930. The summed E-state index contributed by atoms with van der Waals surface area (Å²) in [7, 11) is 0. The van der Waals surface area contributed by atoms with Gasteiger partial charge in [-0.15, -0.1) is 0 Å². The van der Waals surface area contributed by atoms with E-state index in [1.165, 1.54) is 66.7 Å². The van der Waals surface area contributed by atoms with E-state index in [0.717, 1.165) is 50.7 Å². The standard InChI is InChI=1S/C76H80N4O/c1-50(2)64-31-24-32-65(51(3)4)72(64)70-48-78(60-40-53(52-25-18-15-19-26-52)39-58(41-60)74(8,9)10)49-79(70)61-42-59(76(13,14)55-29-22-17-23-30-55)43-63(46-61)81-62-34-35-66-67-44-56(73(5,6)7)33-36-68(67)80(69(66)47-62)71-45-57(37-38-77-71)75(11,12)54-27-20-16-21-28-54/h15-48,50-51H,49H2,1-14H3. The zero-order valence-corrected chi connectivity index (χ0v) is 50.2. The Balaban J connectivity index is 1.10. The summed E-state index contributed by atoms with van der Waals surface area (Å²) < 4.78 is 9.69. The maximum Gasteiger partial charge on any atom is 0.137 e. The van der Waals surface area contributed by atoms with E-state index in [2.05, 4.69) is 312 Å². The van der Waals surface area contributed by atoms with Crippen LogP contribution in [0.4, 0.5) is 11.4 Å². The number of hydrogen-bond acceptors (Lipinski definition) is 4. The van der Waals surface area contributed by atoms with Gasteiger partial charge in [-0.3, -0.25) is 4.57 Å². The van der Waals surface area contributed by atoms with Crippen LogP contribution in [0.5, 0.6) is 11.5 Å². The first kappa shape index (κ1) is 54.8. The molecule has 10 aromatic rings. The first-order valence-electron chi connectivity index (χ1n) is 29.2. The molecule has 5 nitrogen and oxygen atoms in total. The monoisotopic (exact) mass is 1060 g/mol. The number of anilines is 2. The van der Waals surface area contributed by atoms with Crippen LogP contribution in [0, 0.1) is 0 Å². The summed E-state index contributed by atoms with van der Waals surface area (Å²) >= 11 is 0. The van der Waals surface area contributed by atoms with E-state index in [4.69, 9.17) is 9.72 Å². The predicted octanol–water partition coefficient (Wildman–Crippen LogP) is 20.4. The lowest BCUT2D eigenvalue weighted by atomic mass is 9.78. The number of pyridine rings is 1. The molecule has 0 radical (unpaired) electrons. The highest BCUT2D eigenvalue weighted by Gasteiger charge is 2.33. The van der Waals surface area contributed by atoms with Gasteiger partial charge in [0.2, 0.25) is 0 Å². The Morgan fingerprint density at radius 3 is 1.65 bits per heavy atom. The van der Waals surface area contributed by atoms with E-state index in [-0.39, 0.29) is 21.7 Å². The molecule has 410 valence electrons. The van der Waals surface area contributed by atoms with Crippen LogP contribution >= 0.6 is 0 Å². The molecule has 1 aliphatic rings. The summed E-state index contributed by atoms with van der Waals surface area (Å²) in [6.07, 6.45) is 4.38. The molecule has 2 aromatic heterocycles. The number of rotatable bonds is 13. The molecule has 0 fully saturated rings. The van der Waals surface area contributed by atoms with Gasteiger partial charge in [0.25, 0.3) is 0 Å². The minimum atomic E-state index is -0.380. The van der Waals surface area contributed by atoms with Gasteiger partial charge in [0, 0.05) is 63.1 Å². The van der Waals surface area contributed by atoms with E-state index in [9.17, 15) is 0 Å². The normalized spacial score (nSPS) is 13.5. The van der Waals surface area contributed by atoms with Crippen LogP contribution in [0.2, 0.25) is 0 Å². The molecular formula is C76H80N4O. The third kappa shape index (κ3) is 10.6. The molecule has 0 spiro atoms. The minimum absolute atomic E-state index is 0.0317. The number of hydrogen-bond donors (Lipinski definition) is 0. The van der Waals surface area contributed by atoms with Crippen LogP contribution in [0.3, 0.4) is 0 Å². The molecule has 1 aliphatic heterocycles. The number of nitrogens with zero attached hydrogens (tertiary/aromatic N) is 4. The second kappa shape index (κ2) is 21.1. The van der Waals surface area contributed by atoms with Crippen LogP contribution in [-0.4, -0.2) is 16.2 Å². The van der Waals surface area contributed by atoms with Crippen molar-refractivity contribution in [2.75, 3.05) is 16.5 Å². The van der Waals surface area contributed by atoms with E-state index < -0.39 is 0 Å². The largest absolute Gasteiger partial charge is 0.457 e. The molecule has 0 saturated heterocycles. The summed E-state index contributed by atoms with van der Waals surface area (Å²) in [5.41, 5.74) is 18.6. The topological polar surface area (TPSA) is 33.5 Å². The number of benzene rings is 8. The lowest BCUT2D eigenvalue weighted by Crippen LogP contribution is -2.28. The van der Waals surface area contributed by atoms with Gasteiger partial charge in [0.05, 0.1) is 23.4 Å². The van der Waals surface area contributed by atoms with Crippen molar-refractivity contribution in [3.63, 3.8) is 0 Å². The van der Waals surface area contributed by atoms with E-state index in [0.29, 0.717) is 18.5 Å². The van der Waals surface area contributed by atoms with Gasteiger partial charge in [0.1, 0.15) is 17.3 Å². The number of fused-ring (bicyclic) bond motifs is 3. The van der Waals surface area contributed by atoms with Crippen LogP contribution in [0.25, 0.3) is 44.4 Å². The lowest BCUT2D eigenvalue weighted by Gasteiger charge is -2.31. The highest BCUT2D eigenvalue weighted by molar-refractivity contribution is 6.10. The van der Waals surface area contributed by atoms with Crippen molar-refractivity contribution in [3.05, 3.63) is 257 Å². The summed E-state index contributed by atoms with van der Waals surface area (Å²) in [6.45, 7) is 33.0. The van der Waals surface area contributed by atoms with Gasteiger partial charge in [-0.1, -0.05) is 218 Å². The van der Waals surface area contributed by atoms with Crippen LogP contribution in [0.1, 0.15) is 159 Å². The molecule has 5 heteroatoms. The maximum atomic E-state index is 7.36. The maximum absolute atomic E-state index is 7.36. The highest BCUT2D eigenvalue weighted by Crippen LogP contribution is 2.46. The smallest absolute Gasteiger partial charge is 0.137 e. The fourth-order valence-corrected chi connectivity index (χ4v) is 12.0. The molecule has 0 atom stereocenters. The Labute approximate surface area is 482 Å². The van der Waals surface area contributed by atoms with Gasteiger partial charge in [-0.2, -0.15) is 0 Å². The van der Waals surface area contributed by atoms with Gasteiger partial charge in [-0.25, -0.2) is 4.98 Å². The van der Waals surface area contributed by atoms with Crippen molar-refractivity contribution in [3.8, 4) is 28.4 Å². The first-order valence-corrected chi connectivity index (χ1v) is 29.2. The second-order valence-electron chi connectivity index (χ2n) is 26.3. The Kier molecular flexibility index (Phi) is 14.2. The second-order valence-corrected chi connectivity index (χ2v) is 26.3. The molecule has 0 bridgehead atoms. The van der Waals surface area contributed by atoms with E-state index in [1.54, 1.807) is 0 Å². The first-order chi connectivity index (χ1) is 38.6. The third-order valence-electron chi connectivity index (χ3n) is 17.2. The number of ether oxygens (including phenoxy) is 1. The van der Waals surface area contributed by atoms with Crippen molar-refractivity contribution >= 4 is 38.9 Å². The molecule has 0 aliphatic carbocycles. The van der Waals surface area contributed by atoms with Crippen molar-refractivity contribution in [2.45, 2.75) is 130 Å². The summed E-state index contributed by atoms with van der Waals surface area (Å²) in [5, 5.41) is 2.34. The van der Waals surface area contributed by atoms with E-state index >= 15 is 0 Å². The van der Waals surface area contributed by atoms with Crippen LogP contribution in [-0.2, 0) is 21.7 Å². The molecule has 11 rings (SSSR count). The molecular weight excluding hydrogens is 985 g/mol. The SMILES string of the molecule is CC(C)c1cccc(C(C)C)c1C1=CN(c2cc(-c3ccccc3)cc(C(C)(C)C)c2)CN1c1cc(Oc2ccc3c4cc(C(C)(C)C)ccc4n(-c4cc(C(C)(C)c5ccccc5)ccn4)c3c2)cc(C(C)(C)c2ccccc2)c1. The highest BCUT2D eigenvalue weighted by atomic mass is 16.5. The van der Waals surface area contributed by atoms with E-state index in [1.807, 2.05) is 6.20 Å². The van der Waals surface area contributed by atoms with Crippen LogP contribution < -0.4 is 14.5 Å². The molecule has 8 aromatic carbocycles. The molecule has 0 saturated carbocycles. The number of aromatic nitrogens is 2. The van der Waals surface area contributed by atoms with Gasteiger partial charge in [-0.05, 0) is 139 Å². The molecule has 0 N–H and O–H groups in total. The van der Waals surface area contributed by atoms with Crippen molar-refractivity contribution < 1.29 is 4.74 Å². The van der Waals surface area contributed by atoms with Crippen LogP contribution in [0.15, 0.2) is 207 Å². The van der Waals surface area contributed by atoms with Crippen molar-refractivity contribution in [1.82, 2.24) is 9.55 Å². The fourth-order valence-electron chi connectivity index (χ4n) is 12.0. The Morgan fingerprint density at radius 1 is 0.432 bits per heavy atom. The van der Waals surface area contributed by atoms with Gasteiger partial charge < -0.3 is 14.5 Å². The average molecular weight is 1070 g/mol. The van der Waals surface area contributed by atoms with Gasteiger partial charge >= 0.3 is 0 Å². The Morgan fingerprint density at radius 2 is 1.04 bits per heavy atom. The average Bonchev–Trinajstić information content (AvgIpc) is 3.60. The zero-order valence-electron chi connectivity index (χ0n) is 50.2. The van der Waals surface area contributed by atoms with Crippen molar-refractivity contribution in [2.24, 2.45) is 0 Å². The minimum Gasteiger partial charge on any atom is -0.457 e. The summed E-state index contributed by atoms with van der Waals surface area (Å²) in [6, 6.07) is 71.5. The third-order valence-corrected chi connectivity index (χ3v) is 17.2.